The Balaban J connectivity index is 1.29. The van der Waals surface area contributed by atoms with Gasteiger partial charge in [-0.3, -0.25) is 9.36 Å². The highest BCUT2D eigenvalue weighted by Crippen LogP contribution is 2.21. The minimum atomic E-state index is -0.406. The first-order chi connectivity index (χ1) is 17.6. The highest BCUT2D eigenvalue weighted by atomic mass is 19.1. The molecule has 0 aliphatic carbocycles. The van der Waals surface area contributed by atoms with Gasteiger partial charge in [-0.25, -0.2) is 14.2 Å². The molecule has 2 aromatic heterocycles. The minimum Gasteiger partial charge on any atom is -0.368 e. The number of fused-ring (bicyclic) bond motifs is 3. The molecule has 0 radical (unpaired) electrons. The molecule has 0 bridgehead atoms. The van der Waals surface area contributed by atoms with Gasteiger partial charge in [-0.2, -0.15) is 4.52 Å². The van der Waals surface area contributed by atoms with Crippen LogP contribution >= 0.6 is 0 Å². The topological polar surface area (TPSA) is 75.7 Å². The summed E-state index contributed by atoms with van der Waals surface area (Å²) in [5.41, 5.74) is 2.44. The van der Waals surface area contributed by atoms with E-state index in [1.165, 1.54) is 21.2 Å². The maximum absolute atomic E-state index is 13.5. The van der Waals surface area contributed by atoms with Gasteiger partial charge in [-0.1, -0.05) is 42.5 Å². The number of benzene rings is 3. The van der Waals surface area contributed by atoms with Crippen LogP contribution in [0.5, 0.6) is 0 Å². The molecule has 3 heterocycles. The first-order valence-electron chi connectivity index (χ1n) is 11.8. The zero-order valence-electron chi connectivity index (χ0n) is 19.4. The Bertz CT molecular complexity index is 1620. The van der Waals surface area contributed by atoms with E-state index in [0.717, 1.165) is 16.6 Å². The molecule has 180 valence electrons. The van der Waals surface area contributed by atoms with E-state index in [-0.39, 0.29) is 18.3 Å². The van der Waals surface area contributed by atoms with Gasteiger partial charge in [0.15, 0.2) is 11.5 Å². The Hall–Kier alpha value is -4.53. The molecule has 3 aromatic carbocycles. The van der Waals surface area contributed by atoms with Gasteiger partial charge in [0.2, 0.25) is 5.91 Å². The van der Waals surface area contributed by atoms with Crippen molar-refractivity contribution >= 4 is 28.1 Å². The van der Waals surface area contributed by atoms with Crippen LogP contribution in [-0.2, 0) is 11.3 Å². The molecular weight excluding hydrogens is 459 g/mol. The van der Waals surface area contributed by atoms with Crippen molar-refractivity contribution in [3.8, 4) is 11.4 Å². The third-order valence-electron chi connectivity index (χ3n) is 6.60. The van der Waals surface area contributed by atoms with Gasteiger partial charge in [0.1, 0.15) is 12.4 Å². The van der Waals surface area contributed by atoms with Crippen molar-refractivity contribution in [1.29, 1.82) is 0 Å². The van der Waals surface area contributed by atoms with Gasteiger partial charge in [-0.05, 0) is 36.4 Å². The number of nitrogens with zero attached hydrogens (tertiary/aromatic N) is 6. The average Bonchev–Trinajstić information content (AvgIpc) is 3.38. The molecule has 0 atom stereocenters. The summed E-state index contributed by atoms with van der Waals surface area (Å²) in [6, 6.07) is 23.3. The second kappa shape index (κ2) is 8.92. The van der Waals surface area contributed by atoms with Crippen LogP contribution < -0.4 is 10.6 Å². The summed E-state index contributed by atoms with van der Waals surface area (Å²) < 4.78 is 16.0. The predicted molar refractivity (Wildman–Crippen MR) is 135 cm³/mol. The lowest BCUT2D eigenvalue weighted by molar-refractivity contribution is -0.132. The van der Waals surface area contributed by atoms with Crippen molar-refractivity contribution in [3.63, 3.8) is 0 Å². The third kappa shape index (κ3) is 3.88. The normalized spacial score (nSPS) is 14.0. The molecule has 1 saturated heterocycles. The summed E-state index contributed by atoms with van der Waals surface area (Å²) in [5.74, 6) is 0.0491. The first kappa shape index (κ1) is 22.0. The number of amides is 1. The molecule has 0 spiro atoms. The number of hydrogen-bond donors (Lipinski definition) is 0. The van der Waals surface area contributed by atoms with E-state index in [2.05, 4.69) is 15.0 Å². The standard InChI is InChI=1S/C27H23FN6O2/c28-20-10-12-21(13-11-20)31-14-16-32(17-15-31)24(35)18-33-23-9-5-4-8-22(23)26-29-25(30-34(26)27(33)36)19-6-2-1-3-7-19/h1-13H,14-18H2. The van der Waals surface area contributed by atoms with Crippen LogP contribution in [0.1, 0.15) is 0 Å². The molecule has 6 rings (SSSR count). The number of halogens is 1. The van der Waals surface area contributed by atoms with Crippen molar-refractivity contribution in [1.82, 2.24) is 24.1 Å². The second-order valence-electron chi connectivity index (χ2n) is 8.77. The largest absolute Gasteiger partial charge is 0.368 e. The summed E-state index contributed by atoms with van der Waals surface area (Å²) in [7, 11) is 0. The van der Waals surface area contributed by atoms with Crippen molar-refractivity contribution in [3.05, 3.63) is 95.2 Å². The Morgan fingerprint density at radius 1 is 0.861 bits per heavy atom. The van der Waals surface area contributed by atoms with E-state index >= 15 is 0 Å². The number of rotatable bonds is 4. The molecule has 0 unspecified atom stereocenters. The maximum atomic E-state index is 13.5. The molecule has 0 saturated carbocycles. The molecular formula is C27H23FN6O2. The Labute approximate surface area is 205 Å². The van der Waals surface area contributed by atoms with E-state index in [1.54, 1.807) is 17.0 Å². The lowest BCUT2D eigenvalue weighted by atomic mass is 10.2. The Morgan fingerprint density at radius 3 is 2.31 bits per heavy atom. The molecule has 5 aromatic rings. The third-order valence-corrected chi connectivity index (χ3v) is 6.60. The summed E-state index contributed by atoms with van der Waals surface area (Å²) in [4.78, 5) is 35.3. The van der Waals surface area contributed by atoms with Gasteiger partial charge >= 0.3 is 5.69 Å². The molecule has 0 N–H and O–H groups in total. The first-order valence-corrected chi connectivity index (χ1v) is 11.8. The molecule has 8 nitrogen and oxygen atoms in total. The molecule has 1 fully saturated rings. The van der Waals surface area contributed by atoms with Crippen molar-refractivity contribution in [2.24, 2.45) is 0 Å². The van der Waals surface area contributed by atoms with Gasteiger partial charge in [0.05, 0.1) is 5.52 Å². The van der Waals surface area contributed by atoms with Crippen LogP contribution in [0.3, 0.4) is 0 Å². The second-order valence-corrected chi connectivity index (χ2v) is 8.77. The van der Waals surface area contributed by atoms with E-state index in [1.807, 2.05) is 54.6 Å². The van der Waals surface area contributed by atoms with E-state index in [4.69, 9.17) is 0 Å². The van der Waals surface area contributed by atoms with Gasteiger partial charge in [-0.15, -0.1) is 5.10 Å². The van der Waals surface area contributed by atoms with Crippen LogP contribution in [0, 0.1) is 5.82 Å². The Kier molecular flexibility index (Phi) is 5.44. The molecule has 1 aliphatic rings. The number of anilines is 1. The van der Waals surface area contributed by atoms with Crippen LogP contribution in [0.4, 0.5) is 10.1 Å². The molecule has 36 heavy (non-hydrogen) atoms. The number of aromatic nitrogens is 4. The zero-order chi connectivity index (χ0) is 24.6. The zero-order valence-corrected chi connectivity index (χ0v) is 19.4. The monoisotopic (exact) mass is 482 g/mol. The average molecular weight is 483 g/mol. The van der Waals surface area contributed by atoms with E-state index < -0.39 is 5.69 Å². The SMILES string of the molecule is O=C(Cn1c(=O)n2nc(-c3ccccc3)nc2c2ccccc21)N1CCN(c2ccc(F)cc2)CC1. The highest BCUT2D eigenvalue weighted by molar-refractivity contribution is 5.92. The lowest BCUT2D eigenvalue weighted by Crippen LogP contribution is -2.50. The summed E-state index contributed by atoms with van der Waals surface area (Å²) in [5, 5.41) is 5.23. The van der Waals surface area contributed by atoms with E-state index in [9.17, 15) is 14.0 Å². The summed E-state index contributed by atoms with van der Waals surface area (Å²) in [6.45, 7) is 2.22. The number of hydrogen-bond acceptors (Lipinski definition) is 5. The fourth-order valence-electron chi connectivity index (χ4n) is 4.70. The number of carbonyl (C=O) groups is 1. The van der Waals surface area contributed by atoms with Crippen molar-refractivity contribution in [2.75, 3.05) is 31.1 Å². The number of piperazine rings is 1. The summed E-state index contributed by atoms with van der Waals surface area (Å²) in [6.07, 6.45) is 0. The van der Waals surface area contributed by atoms with Crippen molar-refractivity contribution in [2.45, 2.75) is 6.54 Å². The number of carbonyl (C=O) groups excluding carboxylic acids is 1. The number of para-hydroxylation sites is 1. The van der Waals surface area contributed by atoms with Crippen LogP contribution in [0.2, 0.25) is 0 Å². The minimum absolute atomic E-state index is 0.0909. The molecule has 1 aliphatic heterocycles. The maximum Gasteiger partial charge on any atom is 0.351 e. The van der Waals surface area contributed by atoms with Gasteiger partial charge in [0.25, 0.3) is 0 Å². The van der Waals surface area contributed by atoms with Crippen LogP contribution in [-0.4, -0.2) is 56.2 Å². The quantitative estimate of drug-likeness (QED) is 0.393. The van der Waals surface area contributed by atoms with Crippen LogP contribution in [0.25, 0.3) is 27.9 Å². The molecule has 1 amide bonds. The predicted octanol–water partition coefficient (Wildman–Crippen LogP) is 3.20. The fraction of sp³-hybridized carbons (Fsp3) is 0.185. The van der Waals surface area contributed by atoms with Crippen LogP contribution in [0.15, 0.2) is 83.7 Å². The van der Waals surface area contributed by atoms with Crippen molar-refractivity contribution < 1.29 is 9.18 Å². The summed E-state index contributed by atoms with van der Waals surface area (Å²) >= 11 is 0. The highest BCUT2D eigenvalue weighted by Gasteiger charge is 2.24. The smallest absolute Gasteiger partial charge is 0.351 e. The Morgan fingerprint density at radius 2 is 1.56 bits per heavy atom. The lowest BCUT2D eigenvalue weighted by Gasteiger charge is -2.36. The van der Waals surface area contributed by atoms with Gasteiger partial charge in [0, 0.05) is 42.8 Å². The van der Waals surface area contributed by atoms with Gasteiger partial charge < -0.3 is 9.80 Å². The fourth-order valence-corrected chi connectivity index (χ4v) is 4.70. The molecule has 9 heteroatoms. The van der Waals surface area contributed by atoms with E-state index in [0.29, 0.717) is 43.2 Å².